The number of hydrogen-bond acceptors (Lipinski definition) is 8. The van der Waals surface area contributed by atoms with Crippen LogP contribution in [0.4, 0.5) is 9.59 Å². The fraction of sp³-hybridized carbons (Fsp3) is 0.325. The zero-order valence-corrected chi connectivity index (χ0v) is 29.5. The van der Waals surface area contributed by atoms with E-state index in [2.05, 4.69) is 10.6 Å². The topological polar surface area (TPSA) is 168 Å². The monoisotopic (exact) mass is 722 g/mol. The van der Waals surface area contributed by atoms with Gasteiger partial charge in [-0.15, -0.1) is 0 Å². The van der Waals surface area contributed by atoms with Gasteiger partial charge in [-0.1, -0.05) is 74.5 Å². The van der Waals surface area contributed by atoms with Crippen LogP contribution < -0.4 is 15.4 Å². The molecule has 13 nitrogen and oxygen atoms in total. The number of alkyl carbamates (subject to hydrolysis) is 1. The van der Waals surface area contributed by atoms with Crippen molar-refractivity contribution in [3.63, 3.8) is 0 Å². The SMILES string of the molecule is CC(C)C[C@H](NC(=O)OCC1c2ccccc2-c2ccccc21)C(=O)N[C@@H](Cc1ccc(OC(=O)N2CCN(C(=O)c3ccco3)CC2)cc1)C(=O)O. The van der Waals surface area contributed by atoms with E-state index in [0.717, 1.165) is 22.3 Å². The smallest absolute Gasteiger partial charge is 0.415 e. The molecule has 0 unspecified atom stereocenters. The molecule has 0 bridgehead atoms. The van der Waals surface area contributed by atoms with Crippen LogP contribution in [-0.4, -0.2) is 89.7 Å². The molecule has 6 rings (SSSR count). The molecule has 2 heterocycles. The fourth-order valence-electron chi connectivity index (χ4n) is 6.70. The molecule has 2 aliphatic rings. The summed E-state index contributed by atoms with van der Waals surface area (Å²) in [6.45, 7) is 5.10. The summed E-state index contributed by atoms with van der Waals surface area (Å²) in [5.41, 5.74) is 4.88. The summed E-state index contributed by atoms with van der Waals surface area (Å²) in [4.78, 5) is 67.1. The number of furan rings is 1. The van der Waals surface area contributed by atoms with E-state index in [0.29, 0.717) is 18.7 Å². The van der Waals surface area contributed by atoms with E-state index in [4.69, 9.17) is 13.9 Å². The second-order valence-electron chi connectivity index (χ2n) is 13.5. The lowest BCUT2D eigenvalue weighted by Gasteiger charge is -2.33. The predicted molar refractivity (Wildman–Crippen MR) is 193 cm³/mol. The Morgan fingerprint density at radius 1 is 0.792 bits per heavy atom. The Labute approximate surface area is 306 Å². The Kier molecular flexibility index (Phi) is 11.4. The van der Waals surface area contributed by atoms with Gasteiger partial charge in [-0.3, -0.25) is 9.59 Å². The van der Waals surface area contributed by atoms with Crippen LogP contribution in [0, 0.1) is 5.92 Å². The average Bonchev–Trinajstić information content (AvgIpc) is 3.81. The Bertz CT molecular complexity index is 1890. The quantitative estimate of drug-likeness (QED) is 0.176. The van der Waals surface area contributed by atoms with Crippen molar-refractivity contribution < 1.29 is 43.0 Å². The van der Waals surface area contributed by atoms with Gasteiger partial charge in [0, 0.05) is 38.5 Å². The largest absolute Gasteiger partial charge is 0.480 e. The first-order chi connectivity index (χ1) is 25.6. The van der Waals surface area contributed by atoms with Gasteiger partial charge in [0.1, 0.15) is 24.4 Å². The van der Waals surface area contributed by atoms with Gasteiger partial charge in [0.15, 0.2) is 5.76 Å². The summed E-state index contributed by atoms with van der Waals surface area (Å²) >= 11 is 0. The third-order valence-corrected chi connectivity index (χ3v) is 9.40. The summed E-state index contributed by atoms with van der Waals surface area (Å²) in [6, 6.07) is 23.2. The number of nitrogens with zero attached hydrogens (tertiary/aromatic N) is 2. The Balaban J connectivity index is 1.00. The first-order valence-corrected chi connectivity index (χ1v) is 17.6. The number of amides is 4. The van der Waals surface area contributed by atoms with Gasteiger partial charge in [0.05, 0.1) is 6.26 Å². The van der Waals surface area contributed by atoms with E-state index in [1.54, 1.807) is 41.3 Å². The van der Waals surface area contributed by atoms with Crippen LogP contribution in [0.2, 0.25) is 0 Å². The van der Waals surface area contributed by atoms with Crippen LogP contribution in [0.3, 0.4) is 0 Å². The molecule has 2 atom stereocenters. The molecule has 53 heavy (non-hydrogen) atoms. The number of fused-ring (bicyclic) bond motifs is 3. The van der Waals surface area contributed by atoms with Crippen molar-refractivity contribution in [2.75, 3.05) is 32.8 Å². The van der Waals surface area contributed by atoms with E-state index in [-0.39, 0.29) is 61.8 Å². The van der Waals surface area contributed by atoms with Crippen LogP contribution in [0.25, 0.3) is 11.1 Å². The van der Waals surface area contributed by atoms with Crippen molar-refractivity contribution in [3.8, 4) is 16.9 Å². The average molecular weight is 723 g/mol. The molecule has 0 radical (unpaired) electrons. The first kappa shape index (κ1) is 36.7. The molecule has 1 saturated heterocycles. The Morgan fingerprint density at radius 2 is 1.42 bits per heavy atom. The van der Waals surface area contributed by atoms with Crippen molar-refractivity contribution >= 4 is 30.0 Å². The predicted octanol–water partition coefficient (Wildman–Crippen LogP) is 5.30. The number of hydrogen-bond donors (Lipinski definition) is 3. The first-order valence-electron chi connectivity index (χ1n) is 17.6. The molecule has 3 aromatic carbocycles. The molecule has 1 aliphatic heterocycles. The highest BCUT2D eigenvalue weighted by molar-refractivity contribution is 5.92. The third kappa shape index (κ3) is 8.86. The van der Waals surface area contributed by atoms with Gasteiger partial charge in [-0.25, -0.2) is 14.4 Å². The number of carboxylic acids is 1. The minimum Gasteiger partial charge on any atom is -0.480 e. The summed E-state index contributed by atoms with van der Waals surface area (Å²) in [5, 5.41) is 15.2. The summed E-state index contributed by atoms with van der Waals surface area (Å²) in [5.74, 6) is -1.78. The van der Waals surface area contributed by atoms with Crippen LogP contribution in [0.15, 0.2) is 95.6 Å². The molecule has 276 valence electrons. The number of carbonyl (C=O) groups is 5. The van der Waals surface area contributed by atoms with Gasteiger partial charge in [-0.2, -0.15) is 0 Å². The molecule has 0 spiro atoms. The standard InChI is InChI=1S/C40H42N4O9/c1-25(2)22-33(42-39(49)52-24-32-30-10-5-3-8-28(30)29-9-4-6-11-31(29)32)36(45)41-34(38(47)48)23-26-13-15-27(16-14-26)53-40(50)44-19-17-43(18-20-44)37(46)35-12-7-21-51-35/h3-16,21,25,32-34H,17-20,22-24H2,1-2H3,(H,41,45)(H,42,49)(H,47,48)/t33-,34-/m0/s1. The van der Waals surface area contributed by atoms with Crippen molar-refractivity contribution in [1.29, 1.82) is 0 Å². The molecule has 4 aromatic rings. The van der Waals surface area contributed by atoms with Gasteiger partial charge >= 0.3 is 18.2 Å². The van der Waals surface area contributed by atoms with Gasteiger partial charge < -0.3 is 39.4 Å². The molecule has 1 fully saturated rings. The normalized spacial score (nSPS) is 14.8. The van der Waals surface area contributed by atoms with Crippen molar-refractivity contribution in [3.05, 3.63) is 114 Å². The molecular formula is C40H42N4O9. The Morgan fingerprint density at radius 3 is 2.00 bits per heavy atom. The number of benzene rings is 3. The molecule has 1 aliphatic carbocycles. The minimum absolute atomic E-state index is 0.00580. The van der Waals surface area contributed by atoms with Crippen LogP contribution in [-0.2, 0) is 20.7 Å². The summed E-state index contributed by atoms with van der Waals surface area (Å²) < 4.78 is 16.3. The van der Waals surface area contributed by atoms with Crippen LogP contribution in [0.5, 0.6) is 5.75 Å². The van der Waals surface area contributed by atoms with Gasteiger partial charge in [0.2, 0.25) is 5.91 Å². The van der Waals surface area contributed by atoms with E-state index in [9.17, 15) is 29.1 Å². The maximum Gasteiger partial charge on any atom is 0.415 e. The van der Waals surface area contributed by atoms with E-state index in [1.165, 1.54) is 11.2 Å². The maximum absolute atomic E-state index is 13.4. The Hall–Kier alpha value is -6.11. The third-order valence-electron chi connectivity index (χ3n) is 9.40. The van der Waals surface area contributed by atoms with Crippen molar-refractivity contribution in [2.24, 2.45) is 5.92 Å². The summed E-state index contributed by atoms with van der Waals surface area (Å²) in [6.07, 6.45) is 0.299. The zero-order chi connectivity index (χ0) is 37.5. The van der Waals surface area contributed by atoms with E-state index in [1.807, 2.05) is 62.4 Å². The minimum atomic E-state index is -1.30. The zero-order valence-electron chi connectivity index (χ0n) is 29.5. The number of aliphatic carboxylic acids is 1. The molecule has 1 aromatic heterocycles. The number of carboxylic acid groups (broad SMARTS) is 1. The van der Waals surface area contributed by atoms with E-state index < -0.39 is 36.1 Å². The van der Waals surface area contributed by atoms with Crippen LogP contribution in [0.1, 0.15) is 53.4 Å². The highest BCUT2D eigenvalue weighted by atomic mass is 16.6. The highest BCUT2D eigenvalue weighted by Gasteiger charge is 2.32. The second-order valence-corrected chi connectivity index (χ2v) is 13.5. The molecular weight excluding hydrogens is 680 g/mol. The van der Waals surface area contributed by atoms with Crippen LogP contribution >= 0.6 is 0 Å². The maximum atomic E-state index is 13.4. The number of rotatable bonds is 12. The van der Waals surface area contributed by atoms with E-state index >= 15 is 0 Å². The highest BCUT2D eigenvalue weighted by Crippen LogP contribution is 2.44. The molecule has 0 saturated carbocycles. The molecule has 4 amide bonds. The van der Waals surface area contributed by atoms with Crippen molar-refractivity contribution in [2.45, 2.75) is 44.7 Å². The lowest BCUT2D eigenvalue weighted by Crippen LogP contribution is -2.52. The summed E-state index contributed by atoms with van der Waals surface area (Å²) in [7, 11) is 0. The molecule has 13 heteroatoms. The molecule has 3 N–H and O–H groups in total. The number of carbonyl (C=O) groups excluding carboxylic acids is 4. The van der Waals surface area contributed by atoms with Gasteiger partial charge in [0.25, 0.3) is 5.91 Å². The fourth-order valence-corrected chi connectivity index (χ4v) is 6.70. The lowest BCUT2D eigenvalue weighted by atomic mass is 9.98. The number of ether oxygens (including phenoxy) is 2. The lowest BCUT2D eigenvalue weighted by molar-refractivity contribution is -0.142. The second kappa shape index (κ2) is 16.5. The van der Waals surface area contributed by atoms with Crippen molar-refractivity contribution in [1.82, 2.24) is 20.4 Å². The van der Waals surface area contributed by atoms with Gasteiger partial charge in [-0.05, 0) is 64.4 Å². The number of nitrogens with one attached hydrogen (secondary N) is 2. The number of piperazine rings is 1.